The number of hydrogen-bond acceptors (Lipinski definition) is 4. The van der Waals surface area contributed by atoms with Crippen molar-refractivity contribution >= 4 is 17.3 Å². The van der Waals surface area contributed by atoms with Gasteiger partial charge in [0.1, 0.15) is 0 Å². The Morgan fingerprint density at radius 1 is 1.18 bits per heavy atom. The molecular formula is C21H28N6S. The van der Waals surface area contributed by atoms with Gasteiger partial charge in [-0.3, -0.25) is 4.99 Å². The summed E-state index contributed by atoms with van der Waals surface area (Å²) in [5.74, 6) is 1.21. The van der Waals surface area contributed by atoms with Crippen LogP contribution < -0.4 is 10.6 Å². The Morgan fingerprint density at radius 3 is 2.57 bits per heavy atom. The highest BCUT2D eigenvalue weighted by Crippen LogP contribution is 2.19. The molecule has 0 saturated heterocycles. The Balaban J connectivity index is 1.65. The first-order chi connectivity index (χ1) is 13.5. The van der Waals surface area contributed by atoms with Crippen molar-refractivity contribution < 1.29 is 0 Å². The van der Waals surface area contributed by atoms with Gasteiger partial charge < -0.3 is 10.6 Å². The first-order valence-electron chi connectivity index (χ1n) is 9.48. The fraction of sp³-hybridized carbons (Fsp3) is 0.381. The molecule has 0 atom stereocenters. The molecule has 0 unspecified atom stereocenters. The van der Waals surface area contributed by atoms with Crippen LogP contribution in [0.2, 0.25) is 0 Å². The lowest BCUT2D eigenvalue weighted by Gasteiger charge is -2.14. The molecule has 2 aromatic heterocycles. The van der Waals surface area contributed by atoms with Crippen molar-refractivity contribution in [3.63, 3.8) is 0 Å². The molecule has 3 aromatic rings. The number of guanidine groups is 1. The predicted molar refractivity (Wildman–Crippen MR) is 116 cm³/mol. The Labute approximate surface area is 170 Å². The second kappa shape index (κ2) is 9.01. The van der Waals surface area contributed by atoms with Crippen LogP contribution in [0.4, 0.5) is 0 Å². The van der Waals surface area contributed by atoms with E-state index in [-0.39, 0.29) is 0 Å². The van der Waals surface area contributed by atoms with Gasteiger partial charge in [0.15, 0.2) is 5.96 Å². The average molecular weight is 397 g/mol. The highest BCUT2D eigenvalue weighted by Gasteiger charge is 2.10. The number of aryl methyl sites for hydroxylation is 2. The fourth-order valence-electron chi connectivity index (χ4n) is 2.98. The van der Waals surface area contributed by atoms with Crippen LogP contribution >= 0.6 is 11.3 Å². The molecule has 0 bridgehead atoms. The number of aromatic nitrogens is 3. The minimum atomic E-state index is 0.460. The number of rotatable bonds is 6. The smallest absolute Gasteiger partial charge is 0.191 e. The molecule has 0 aliphatic rings. The zero-order valence-electron chi connectivity index (χ0n) is 17.2. The van der Waals surface area contributed by atoms with Crippen LogP contribution in [0.15, 0.2) is 40.7 Å². The van der Waals surface area contributed by atoms with Gasteiger partial charge in [-0.25, -0.2) is 9.67 Å². The van der Waals surface area contributed by atoms with Crippen molar-refractivity contribution in [3.8, 4) is 5.69 Å². The minimum absolute atomic E-state index is 0.460. The van der Waals surface area contributed by atoms with Crippen molar-refractivity contribution in [1.29, 1.82) is 0 Å². The van der Waals surface area contributed by atoms with Crippen LogP contribution in [0.3, 0.4) is 0 Å². The number of aliphatic imine (C=N–C) groups is 1. The standard InChI is InChI=1S/C21H28N6S/c1-14(2)20-25-18(13-28-20)12-24-21(22-5)23-11-17-8-6-7-9-19(17)27-16(4)10-15(3)26-27/h6-10,13-14H,11-12H2,1-5H3,(H2,22,23,24). The fourth-order valence-corrected chi connectivity index (χ4v) is 3.82. The van der Waals surface area contributed by atoms with E-state index < -0.39 is 0 Å². The molecule has 28 heavy (non-hydrogen) atoms. The number of hydrogen-bond donors (Lipinski definition) is 2. The third-order valence-electron chi connectivity index (χ3n) is 4.40. The summed E-state index contributed by atoms with van der Waals surface area (Å²) >= 11 is 1.71. The predicted octanol–water partition coefficient (Wildman–Crippen LogP) is 3.93. The normalized spacial score (nSPS) is 11.9. The minimum Gasteiger partial charge on any atom is -0.352 e. The van der Waals surface area contributed by atoms with Crippen molar-refractivity contribution in [2.45, 2.75) is 46.7 Å². The van der Waals surface area contributed by atoms with E-state index in [4.69, 9.17) is 0 Å². The van der Waals surface area contributed by atoms with E-state index in [1.165, 1.54) is 5.01 Å². The lowest BCUT2D eigenvalue weighted by Crippen LogP contribution is -2.36. The Kier molecular flexibility index (Phi) is 6.46. The Hall–Kier alpha value is -2.67. The molecule has 148 valence electrons. The van der Waals surface area contributed by atoms with E-state index in [1.54, 1.807) is 18.4 Å². The van der Waals surface area contributed by atoms with Crippen molar-refractivity contribution in [2.75, 3.05) is 7.05 Å². The van der Waals surface area contributed by atoms with Gasteiger partial charge in [-0.15, -0.1) is 11.3 Å². The number of para-hydroxylation sites is 1. The number of nitrogens with zero attached hydrogens (tertiary/aromatic N) is 4. The van der Waals surface area contributed by atoms with Crippen molar-refractivity contribution in [2.24, 2.45) is 4.99 Å². The van der Waals surface area contributed by atoms with Gasteiger partial charge in [0.05, 0.1) is 28.6 Å². The van der Waals surface area contributed by atoms with E-state index in [0.29, 0.717) is 19.0 Å². The zero-order chi connectivity index (χ0) is 20.1. The van der Waals surface area contributed by atoms with Gasteiger partial charge in [0.25, 0.3) is 0 Å². The molecule has 0 radical (unpaired) electrons. The third kappa shape index (κ3) is 4.78. The van der Waals surface area contributed by atoms with Crippen LogP contribution in [0.1, 0.15) is 47.4 Å². The quantitative estimate of drug-likeness (QED) is 0.489. The maximum Gasteiger partial charge on any atom is 0.191 e. The molecular weight excluding hydrogens is 368 g/mol. The van der Waals surface area contributed by atoms with Gasteiger partial charge in [-0.2, -0.15) is 5.10 Å². The van der Waals surface area contributed by atoms with Crippen LogP contribution in [-0.4, -0.2) is 27.8 Å². The molecule has 6 nitrogen and oxygen atoms in total. The third-order valence-corrected chi connectivity index (χ3v) is 5.59. The van der Waals surface area contributed by atoms with E-state index >= 15 is 0 Å². The van der Waals surface area contributed by atoms with E-state index in [9.17, 15) is 0 Å². The second-order valence-corrected chi connectivity index (χ2v) is 7.97. The van der Waals surface area contributed by atoms with Crippen LogP contribution in [0, 0.1) is 13.8 Å². The summed E-state index contributed by atoms with van der Waals surface area (Å²) in [6.07, 6.45) is 0. The van der Waals surface area contributed by atoms with Gasteiger partial charge in [0.2, 0.25) is 0 Å². The van der Waals surface area contributed by atoms with E-state index in [0.717, 1.165) is 34.3 Å². The first-order valence-corrected chi connectivity index (χ1v) is 10.4. The molecule has 2 N–H and O–H groups in total. The van der Waals surface area contributed by atoms with E-state index in [2.05, 4.69) is 70.1 Å². The summed E-state index contributed by atoms with van der Waals surface area (Å²) < 4.78 is 1.99. The molecule has 1 aromatic carbocycles. The summed E-state index contributed by atoms with van der Waals surface area (Å²) in [5.41, 5.74) is 5.42. The summed E-state index contributed by atoms with van der Waals surface area (Å²) in [5, 5.41) is 14.6. The van der Waals surface area contributed by atoms with Crippen molar-refractivity contribution in [3.05, 3.63) is 63.4 Å². The van der Waals surface area contributed by atoms with Crippen LogP contribution in [0.25, 0.3) is 5.69 Å². The van der Waals surface area contributed by atoms with Crippen molar-refractivity contribution in [1.82, 2.24) is 25.4 Å². The lowest BCUT2D eigenvalue weighted by molar-refractivity contribution is 0.770. The number of nitrogens with one attached hydrogen (secondary N) is 2. The molecule has 0 fully saturated rings. The number of thiazole rings is 1. The Bertz CT molecular complexity index is 953. The van der Waals surface area contributed by atoms with Gasteiger partial charge >= 0.3 is 0 Å². The maximum absolute atomic E-state index is 4.66. The second-order valence-electron chi connectivity index (χ2n) is 7.08. The highest BCUT2D eigenvalue weighted by atomic mass is 32.1. The van der Waals surface area contributed by atoms with Crippen LogP contribution in [0.5, 0.6) is 0 Å². The topological polar surface area (TPSA) is 67.1 Å². The Morgan fingerprint density at radius 2 is 1.93 bits per heavy atom. The summed E-state index contributed by atoms with van der Waals surface area (Å²) in [6.45, 7) is 9.72. The average Bonchev–Trinajstić information content (AvgIpc) is 3.28. The molecule has 0 amide bonds. The van der Waals surface area contributed by atoms with Gasteiger partial charge in [-0.05, 0) is 31.5 Å². The SMILES string of the molecule is CN=C(NCc1csc(C(C)C)n1)NCc1ccccc1-n1nc(C)cc1C. The molecule has 0 spiro atoms. The van der Waals surface area contributed by atoms with Gasteiger partial charge in [0, 0.05) is 30.6 Å². The molecule has 0 aliphatic heterocycles. The summed E-state index contributed by atoms with van der Waals surface area (Å²) in [6, 6.07) is 10.4. The number of benzene rings is 1. The molecule has 2 heterocycles. The van der Waals surface area contributed by atoms with E-state index in [1.807, 2.05) is 23.7 Å². The molecule has 3 rings (SSSR count). The largest absolute Gasteiger partial charge is 0.352 e. The molecule has 0 aliphatic carbocycles. The maximum atomic E-state index is 4.66. The van der Waals surface area contributed by atoms with Gasteiger partial charge in [-0.1, -0.05) is 32.0 Å². The lowest BCUT2D eigenvalue weighted by atomic mass is 10.1. The zero-order valence-corrected chi connectivity index (χ0v) is 18.0. The molecule has 7 heteroatoms. The molecule has 0 saturated carbocycles. The summed E-state index contributed by atoms with van der Waals surface area (Å²) in [4.78, 5) is 8.99. The highest BCUT2D eigenvalue weighted by molar-refractivity contribution is 7.09. The first kappa shape index (κ1) is 20.1. The van der Waals surface area contributed by atoms with Crippen LogP contribution in [-0.2, 0) is 13.1 Å². The summed E-state index contributed by atoms with van der Waals surface area (Å²) in [7, 11) is 1.78. The monoisotopic (exact) mass is 396 g/mol.